The number of hydrogen-bond donors (Lipinski definition) is 1. The van der Waals surface area contributed by atoms with E-state index in [-0.39, 0.29) is 6.04 Å². The molecule has 1 unspecified atom stereocenters. The monoisotopic (exact) mass is 216 g/mol. The molecule has 0 saturated heterocycles. The summed E-state index contributed by atoms with van der Waals surface area (Å²) in [5.74, 6) is 1.01. The summed E-state index contributed by atoms with van der Waals surface area (Å²) in [6, 6.07) is 5.70. The number of imidazole rings is 1. The van der Waals surface area contributed by atoms with Gasteiger partial charge in [-0.3, -0.25) is 4.98 Å². The molecular weight excluding hydrogens is 200 g/mol. The molecule has 0 radical (unpaired) electrons. The minimum atomic E-state index is -0.0890. The predicted octanol–water partition coefficient (Wildman–Crippen LogP) is 1.54. The Morgan fingerprint density at radius 3 is 2.88 bits per heavy atom. The van der Waals surface area contributed by atoms with Crippen LogP contribution in [-0.4, -0.2) is 14.5 Å². The van der Waals surface area contributed by atoms with E-state index in [4.69, 9.17) is 5.73 Å². The van der Waals surface area contributed by atoms with Crippen LogP contribution in [0.15, 0.2) is 36.8 Å². The Labute approximate surface area is 95.1 Å². The Morgan fingerprint density at radius 2 is 2.19 bits per heavy atom. The highest BCUT2D eigenvalue weighted by molar-refractivity contribution is 5.10. The van der Waals surface area contributed by atoms with Crippen molar-refractivity contribution in [2.45, 2.75) is 25.9 Å². The average Bonchev–Trinajstić information content (AvgIpc) is 2.77. The van der Waals surface area contributed by atoms with Crippen molar-refractivity contribution < 1.29 is 0 Å². The first-order valence-corrected chi connectivity index (χ1v) is 5.47. The largest absolute Gasteiger partial charge is 0.335 e. The van der Waals surface area contributed by atoms with Gasteiger partial charge in [-0.05, 0) is 19.1 Å². The fourth-order valence-corrected chi connectivity index (χ4v) is 1.71. The lowest BCUT2D eigenvalue weighted by atomic mass is 10.1. The highest BCUT2D eigenvalue weighted by Gasteiger charge is 2.11. The van der Waals surface area contributed by atoms with Crippen molar-refractivity contribution in [3.05, 3.63) is 48.3 Å². The van der Waals surface area contributed by atoms with Gasteiger partial charge in [0.05, 0.1) is 11.7 Å². The van der Waals surface area contributed by atoms with Gasteiger partial charge in [-0.15, -0.1) is 0 Å². The van der Waals surface area contributed by atoms with E-state index in [1.54, 1.807) is 6.20 Å². The molecule has 0 fully saturated rings. The van der Waals surface area contributed by atoms with E-state index in [1.807, 2.05) is 30.6 Å². The molecule has 1 atom stereocenters. The quantitative estimate of drug-likeness (QED) is 0.843. The molecular formula is C12H16N4. The Bertz CT molecular complexity index is 435. The van der Waals surface area contributed by atoms with E-state index < -0.39 is 0 Å². The molecule has 4 nitrogen and oxygen atoms in total. The third kappa shape index (κ3) is 2.28. The number of aryl methyl sites for hydroxylation is 1. The standard InChI is InChI=1S/C12H16N4/c1-2-16-8-7-15-12(16)9-10(13)11-5-3-4-6-14-11/h3-8,10H,2,9,13H2,1H3. The van der Waals surface area contributed by atoms with Gasteiger partial charge in [0.2, 0.25) is 0 Å². The predicted molar refractivity (Wildman–Crippen MR) is 62.8 cm³/mol. The van der Waals surface area contributed by atoms with Gasteiger partial charge in [-0.25, -0.2) is 4.98 Å². The maximum absolute atomic E-state index is 6.09. The van der Waals surface area contributed by atoms with Crippen LogP contribution in [0.4, 0.5) is 0 Å². The maximum Gasteiger partial charge on any atom is 0.110 e. The molecule has 0 aliphatic rings. The van der Waals surface area contributed by atoms with Gasteiger partial charge in [0.25, 0.3) is 0 Å². The molecule has 2 aromatic rings. The summed E-state index contributed by atoms with van der Waals surface area (Å²) in [4.78, 5) is 8.56. The number of nitrogens with zero attached hydrogens (tertiary/aromatic N) is 3. The van der Waals surface area contributed by atoms with Crippen molar-refractivity contribution >= 4 is 0 Å². The number of rotatable bonds is 4. The number of pyridine rings is 1. The zero-order valence-electron chi connectivity index (χ0n) is 9.37. The van der Waals surface area contributed by atoms with E-state index in [9.17, 15) is 0 Å². The van der Waals surface area contributed by atoms with Gasteiger partial charge < -0.3 is 10.3 Å². The van der Waals surface area contributed by atoms with Gasteiger partial charge >= 0.3 is 0 Å². The smallest absolute Gasteiger partial charge is 0.110 e. The maximum atomic E-state index is 6.09. The van der Waals surface area contributed by atoms with Crippen molar-refractivity contribution in [1.29, 1.82) is 0 Å². The van der Waals surface area contributed by atoms with Crippen molar-refractivity contribution in [3.8, 4) is 0 Å². The average molecular weight is 216 g/mol. The highest BCUT2D eigenvalue weighted by atomic mass is 15.1. The third-order valence-electron chi connectivity index (χ3n) is 2.61. The second-order valence-corrected chi connectivity index (χ2v) is 3.69. The lowest BCUT2D eigenvalue weighted by Crippen LogP contribution is -2.17. The molecule has 0 aromatic carbocycles. The Kier molecular flexibility index (Phi) is 3.31. The van der Waals surface area contributed by atoms with Crippen molar-refractivity contribution in [3.63, 3.8) is 0 Å². The minimum Gasteiger partial charge on any atom is -0.335 e. The molecule has 0 aliphatic heterocycles. The van der Waals surface area contributed by atoms with Crippen LogP contribution in [-0.2, 0) is 13.0 Å². The first-order valence-electron chi connectivity index (χ1n) is 5.47. The lowest BCUT2D eigenvalue weighted by molar-refractivity contribution is 0.617. The lowest BCUT2D eigenvalue weighted by Gasteiger charge is -2.11. The van der Waals surface area contributed by atoms with E-state index in [0.29, 0.717) is 0 Å². The second kappa shape index (κ2) is 4.90. The third-order valence-corrected chi connectivity index (χ3v) is 2.61. The molecule has 0 bridgehead atoms. The fourth-order valence-electron chi connectivity index (χ4n) is 1.71. The molecule has 16 heavy (non-hydrogen) atoms. The normalized spacial score (nSPS) is 12.6. The first kappa shape index (κ1) is 10.8. The molecule has 0 amide bonds. The number of nitrogens with two attached hydrogens (primary N) is 1. The fraction of sp³-hybridized carbons (Fsp3) is 0.333. The van der Waals surface area contributed by atoms with Gasteiger partial charge in [0.1, 0.15) is 5.82 Å². The zero-order valence-corrected chi connectivity index (χ0v) is 9.37. The summed E-state index contributed by atoms with van der Waals surface area (Å²) in [5, 5.41) is 0. The van der Waals surface area contributed by atoms with Crippen LogP contribution in [0.2, 0.25) is 0 Å². The number of hydrogen-bond acceptors (Lipinski definition) is 3. The molecule has 2 aromatic heterocycles. The summed E-state index contributed by atoms with van der Waals surface area (Å²) in [5.41, 5.74) is 7.00. The van der Waals surface area contributed by atoms with Crippen LogP contribution < -0.4 is 5.73 Å². The highest BCUT2D eigenvalue weighted by Crippen LogP contribution is 2.12. The summed E-state index contributed by atoms with van der Waals surface area (Å²) >= 11 is 0. The molecule has 2 rings (SSSR count). The second-order valence-electron chi connectivity index (χ2n) is 3.69. The van der Waals surface area contributed by atoms with Crippen molar-refractivity contribution in [1.82, 2.24) is 14.5 Å². The van der Waals surface area contributed by atoms with E-state index in [0.717, 1.165) is 24.5 Å². The first-order chi connectivity index (χ1) is 7.81. The number of aromatic nitrogens is 3. The van der Waals surface area contributed by atoms with Crippen LogP contribution in [0.1, 0.15) is 24.5 Å². The molecule has 84 valence electrons. The van der Waals surface area contributed by atoms with Gasteiger partial charge in [0, 0.05) is 31.6 Å². The Morgan fingerprint density at radius 1 is 1.31 bits per heavy atom. The van der Waals surface area contributed by atoms with Crippen LogP contribution in [0, 0.1) is 0 Å². The van der Waals surface area contributed by atoms with Crippen LogP contribution in [0.25, 0.3) is 0 Å². The van der Waals surface area contributed by atoms with Crippen LogP contribution in [0.5, 0.6) is 0 Å². The van der Waals surface area contributed by atoms with Gasteiger partial charge in [0.15, 0.2) is 0 Å². The molecule has 2 heterocycles. The van der Waals surface area contributed by atoms with Gasteiger partial charge in [-0.2, -0.15) is 0 Å². The van der Waals surface area contributed by atoms with E-state index in [2.05, 4.69) is 21.5 Å². The molecule has 0 aliphatic carbocycles. The summed E-state index contributed by atoms with van der Waals surface area (Å²) < 4.78 is 2.10. The van der Waals surface area contributed by atoms with E-state index >= 15 is 0 Å². The van der Waals surface area contributed by atoms with Crippen LogP contribution >= 0.6 is 0 Å². The molecule has 0 spiro atoms. The summed E-state index contributed by atoms with van der Waals surface area (Å²) in [7, 11) is 0. The Hall–Kier alpha value is -1.68. The van der Waals surface area contributed by atoms with Crippen LogP contribution in [0.3, 0.4) is 0 Å². The zero-order chi connectivity index (χ0) is 11.4. The topological polar surface area (TPSA) is 56.7 Å². The van der Waals surface area contributed by atoms with Crippen molar-refractivity contribution in [2.75, 3.05) is 0 Å². The van der Waals surface area contributed by atoms with E-state index in [1.165, 1.54) is 0 Å². The van der Waals surface area contributed by atoms with Crippen molar-refractivity contribution in [2.24, 2.45) is 5.73 Å². The van der Waals surface area contributed by atoms with Gasteiger partial charge in [-0.1, -0.05) is 6.07 Å². The Balaban J connectivity index is 2.11. The minimum absolute atomic E-state index is 0.0890. The molecule has 0 saturated carbocycles. The summed E-state index contributed by atoms with van der Waals surface area (Å²) in [6.45, 7) is 3.02. The molecule has 4 heteroatoms. The summed E-state index contributed by atoms with van der Waals surface area (Å²) in [6.07, 6.45) is 6.27. The SMILES string of the molecule is CCn1ccnc1CC(N)c1ccccn1. The molecule has 2 N–H and O–H groups in total.